The number of benzene rings is 2. The number of nitrogens with one attached hydrogen (secondary N) is 1. The zero-order valence-corrected chi connectivity index (χ0v) is 22.0. The van der Waals surface area contributed by atoms with E-state index in [0.717, 1.165) is 38.3 Å². The van der Waals surface area contributed by atoms with Crippen LogP contribution in [0.4, 0.5) is 10.1 Å². The van der Waals surface area contributed by atoms with Gasteiger partial charge in [0.15, 0.2) is 0 Å². The van der Waals surface area contributed by atoms with Gasteiger partial charge in [0, 0.05) is 26.7 Å². The summed E-state index contributed by atoms with van der Waals surface area (Å²) in [5.41, 5.74) is 1.95. The third-order valence-corrected chi connectivity index (χ3v) is 7.56. The maximum absolute atomic E-state index is 13.6. The number of carbonyl (C=O) groups is 2. The summed E-state index contributed by atoms with van der Waals surface area (Å²) in [6.45, 7) is 6.92. The molecule has 1 N–H and O–H groups in total. The molecule has 0 radical (unpaired) electrons. The molecule has 0 saturated heterocycles. The highest BCUT2D eigenvalue weighted by atomic mass is 32.2. The van der Waals surface area contributed by atoms with E-state index in [0.29, 0.717) is 0 Å². The molecule has 0 unspecified atom stereocenters. The van der Waals surface area contributed by atoms with Gasteiger partial charge in [-0.05, 0) is 57.0 Å². The lowest BCUT2D eigenvalue weighted by Crippen LogP contribution is -2.53. The minimum Gasteiger partial charge on any atom is -0.352 e. The molecule has 35 heavy (non-hydrogen) atoms. The number of halogens is 1. The fraction of sp³-hybridized carbons (Fsp3) is 0.440. The van der Waals surface area contributed by atoms with Crippen molar-refractivity contribution < 1.29 is 22.4 Å². The molecule has 0 bridgehead atoms. The molecular weight excluding hydrogens is 471 g/mol. The van der Waals surface area contributed by atoms with E-state index < -0.39 is 34.5 Å². The van der Waals surface area contributed by atoms with E-state index in [1.54, 1.807) is 6.92 Å². The average Bonchev–Trinajstić information content (AvgIpc) is 2.80. The van der Waals surface area contributed by atoms with Crippen molar-refractivity contribution in [2.75, 3.05) is 24.9 Å². The number of aryl methyl sites for hydroxylation is 1. The van der Waals surface area contributed by atoms with Crippen molar-refractivity contribution in [3.63, 3.8) is 0 Å². The maximum Gasteiger partial charge on any atom is 0.304 e. The lowest BCUT2D eigenvalue weighted by molar-refractivity contribution is -0.139. The van der Waals surface area contributed by atoms with Gasteiger partial charge in [-0.1, -0.05) is 36.8 Å². The smallest absolute Gasteiger partial charge is 0.304 e. The maximum atomic E-state index is 13.6. The van der Waals surface area contributed by atoms with Gasteiger partial charge < -0.3 is 10.2 Å². The normalized spacial score (nSPS) is 13.3. The molecular formula is C25H35FN4O4S. The average molecular weight is 507 g/mol. The Balaban J connectivity index is 2.44. The van der Waals surface area contributed by atoms with Crippen molar-refractivity contribution >= 4 is 27.7 Å². The second-order valence-corrected chi connectivity index (χ2v) is 10.8. The molecule has 0 aliphatic carbocycles. The second-order valence-electron chi connectivity index (χ2n) is 8.78. The van der Waals surface area contributed by atoms with Gasteiger partial charge in [-0.15, -0.1) is 0 Å². The summed E-state index contributed by atoms with van der Waals surface area (Å²) in [7, 11) is -1.39. The molecule has 0 spiro atoms. The van der Waals surface area contributed by atoms with E-state index in [9.17, 15) is 22.4 Å². The van der Waals surface area contributed by atoms with Crippen LogP contribution in [0.15, 0.2) is 48.5 Å². The van der Waals surface area contributed by atoms with E-state index >= 15 is 0 Å². The molecule has 0 fully saturated rings. The van der Waals surface area contributed by atoms with Crippen molar-refractivity contribution in [1.29, 1.82) is 0 Å². The lowest BCUT2D eigenvalue weighted by Gasteiger charge is -2.33. The minimum absolute atomic E-state index is 0.0781. The number of anilines is 1. The van der Waals surface area contributed by atoms with Gasteiger partial charge in [0.05, 0.1) is 5.69 Å². The Labute approximate surface area is 207 Å². The molecule has 0 aliphatic heterocycles. The number of carbonyl (C=O) groups excluding carboxylic acids is 2. The zero-order valence-electron chi connectivity index (χ0n) is 21.2. The lowest BCUT2D eigenvalue weighted by atomic mass is 10.1. The summed E-state index contributed by atoms with van der Waals surface area (Å²) in [5, 5.41) is 2.89. The molecule has 2 rings (SSSR count). The van der Waals surface area contributed by atoms with Crippen LogP contribution in [0.25, 0.3) is 0 Å². The predicted octanol–water partition coefficient (Wildman–Crippen LogP) is 3.08. The van der Waals surface area contributed by atoms with Gasteiger partial charge in [-0.2, -0.15) is 12.7 Å². The van der Waals surface area contributed by atoms with Crippen LogP contribution in [0.5, 0.6) is 0 Å². The summed E-state index contributed by atoms with van der Waals surface area (Å²) in [6.07, 6.45) is 0.726. The van der Waals surface area contributed by atoms with Gasteiger partial charge in [-0.3, -0.25) is 9.59 Å². The molecule has 8 nitrogen and oxygen atoms in total. The molecule has 2 atom stereocenters. The largest absolute Gasteiger partial charge is 0.352 e. The molecule has 192 valence electrons. The first-order chi connectivity index (χ1) is 16.4. The van der Waals surface area contributed by atoms with Crippen LogP contribution in [0, 0.1) is 12.7 Å². The van der Waals surface area contributed by atoms with Gasteiger partial charge in [-0.25, -0.2) is 8.70 Å². The fourth-order valence-corrected chi connectivity index (χ4v) is 4.44. The van der Waals surface area contributed by atoms with Crippen LogP contribution in [0.1, 0.15) is 38.3 Å². The van der Waals surface area contributed by atoms with Crippen LogP contribution in [-0.2, 0) is 26.3 Å². The summed E-state index contributed by atoms with van der Waals surface area (Å²) < 4.78 is 41.5. The Kier molecular flexibility index (Phi) is 9.79. The first-order valence-electron chi connectivity index (χ1n) is 11.5. The Morgan fingerprint density at radius 2 is 1.69 bits per heavy atom. The Morgan fingerprint density at radius 3 is 2.23 bits per heavy atom. The quantitative estimate of drug-likeness (QED) is 0.507. The van der Waals surface area contributed by atoms with Crippen molar-refractivity contribution in [2.45, 2.75) is 52.7 Å². The van der Waals surface area contributed by atoms with Crippen LogP contribution < -0.4 is 9.62 Å². The first kappa shape index (κ1) is 28.3. The molecule has 0 aliphatic rings. The highest BCUT2D eigenvalue weighted by Gasteiger charge is 2.32. The minimum atomic E-state index is -4.09. The SMILES string of the molecule is CC[C@@H](C)NC(=O)[C@H](C)N(Cc1cccc(C)c1)C(=O)CN(c1ccc(F)cc1)S(=O)(=O)N(C)C. The van der Waals surface area contributed by atoms with Crippen molar-refractivity contribution in [1.82, 2.24) is 14.5 Å². The number of hydrogen-bond acceptors (Lipinski definition) is 4. The molecule has 2 amide bonds. The highest BCUT2D eigenvalue weighted by molar-refractivity contribution is 7.90. The molecule has 2 aromatic rings. The number of amides is 2. The zero-order chi connectivity index (χ0) is 26.3. The number of nitrogens with zero attached hydrogens (tertiary/aromatic N) is 3. The fourth-order valence-electron chi connectivity index (χ4n) is 3.38. The van der Waals surface area contributed by atoms with E-state index in [1.807, 2.05) is 45.0 Å². The summed E-state index contributed by atoms with van der Waals surface area (Å²) in [6, 6.07) is 11.5. The van der Waals surface area contributed by atoms with E-state index in [-0.39, 0.29) is 24.2 Å². The highest BCUT2D eigenvalue weighted by Crippen LogP contribution is 2.21. The Bertz CT molecular complexity index is 1120. The molecule has 0 heterocycles. The van der Waals surface area contributed by atoms with Crippen LogP contribution in [0.3, 0.4) is 0 Å². The molecule has 0 aromatic heterocycles. The summed E-state index contributed by atoms with van der Waals surface area (Å²) in [4.78, 5) is 27.9. The van der Waals surface area contributed by atoms with Crippen molar-refractivity contribution in [2.24, 2.45) is 0 Å². The van der Waals surface area contributed by atoms with Gasteiger partial charge in [0.25, 0.3) is 0 Å². The van der Waals surface area contributed by atoms with Crippen molar-refractivity contribution in [3.05, 3.63) is 65.5 Å². The number of hydrogen-bond donors (Lipinski definition) is 1. The van der Waals surface area contributed by atoms with E-state index in [1.165, 1.54) is 31.1 Å². The number of rotatable bonds is 11. The topological polar surface area (TPSA) is 90.0 Å². The van der Waals surface area contributed by atoms with Gasteiger partial charge in [0.2, 0.25) is 11.8 Å². The van der Waals surface area contributed by atoms with Crippen LogP contribution in [-0.4, -0.2) is 62.2 Å². The third kappa shape index (κ3) is 7.50. The van der Waals surface area contributed by atoms with Crippen molar-refractivity contribution in [3.8, 4) is 0 Å². The Morgan fingerprint density at radius 1 is 1.06 bits per heavy atom. The molecule has 2 aromatic carbocycles. The summed E-state index contributed by atoms with van der Waals surface area (Å²) in [5.74, 6) is -1.42. The van der Waals surface area contributed by atoms with Gasteiger partial charge in [0.1, 0.15) is 18.4 Å². The predicted molar refractivity (Wildman–Crippen MR) is 135 cm³/mol. The molecule has 0 saturated carbocycles. The monoisotopic (exact) mass is 506 g/mol. The second kappa shape index (κ2) is 12.1. The van der Waals surface area contributed by atoms with Gasteiger partial charge >= 0.3 is 10.2 Å². The molecule has 10 heteroatoms. The van der Waals surface area contributed by atoms with Crippen LogP contribution >= 0.6 is 0 Å². The van der Waals surface area contributed by atoms with E-state index in [4.69, 9.17) is 0 Å². The van der Waals surface area contributed by atoms with E-state index in [2.05, 4.69) is 5.32 Å². The Hall–Kier alpha value is -2.98. The first-order valence-corrected chi connectivity index (χ1v) is 12.9. The third-order valence-electron chi connectivity index (χ3n) is 5.74. The summed E-state index contributed by atoms with van der Waals surface area (Å²) >= 11 is 0. The standard InChI is InChI=1S/C25H35FN4O4S/c1-7-19(3)27-25(32)20(4)29(16-21-10-8-9-18(2)15-21)24(31)17-30(35(33,34)28(5)6)23-13-11-22(26)12-14-23/h8-15,19-20H,7,16-17H2,1-6H3,(H,27,32)/t19-,20+/m1/s1. The van der Waals surface area contributed by atoms with Crippen LogP contribution in [0.2, 0.25) is 0 Å².